The lowest BCUT2D eigenvalue weighted by Crippen LogP contribution is -1.98. The van der Waals surface area contributed by atoms with Crippen LogP contribution in [0.15, 0.2) is 18.6 Å². The molecular weight excluding hydrogens is 138 g/mol. The van der Waals surface area contributed by atoms with Gasteiger partial charge in [0, 0.05) is 12.7 Å². The SMILES string of the molecule is Cl.NCc1ccncn1.[H+].[H+]. The third-order valence-electron chi connectivity index (χ3n) is 0.852. The van der Waals surface area contributed by atoms with Crippen molar-refractivity contribution in [3.8, 4) is 0 Å². The third kappa shape index (κ3) is 2.39. The summed E-state index contributed by atoms with van der Waals surface area (Å²) in [5.41, 5.74) is 6.13. The van der Waals surface area contributed by atoms with Crippen molar-refractivity contribution < 1.29 is 2.85 Å². The van der Waals surface area contributed by atoms with Crippen molar-refractivity contribution in [2.24, 2.45) is 5.73 Å². The van der Waals surface area contributed by atoms with E-state index in [-0.39, 0.29) is 15.3 Å². The fourth-order valence-electron chi connectivity index (χ4n) is 0.439. The van der Waals surface area contributed by atoms with Crippen LogP contribution in [0.3, 0.4) is 0 Å². The molecule has 9 heavy (non-hydrogen) atoms. The molecule has 50 valence electrons. The zero-order valence-corrected chi connectivity index (χ0v) is 5.64. The highest BCUT2D eigenvalue weighted by molar-refractivity contribution is 5.85. The van der Waals surface area contributed by atoms with Crippen LogP contribution < -0.4 is 5.73 Å². The van der Waals surface area contributed by atoms with Crippen LogP contribution in [-0.2, 0) is 6.54 Å². The lowest BCUT2D eigenvalue weighted by Gasteiger charge is -1.88. The van der Waals surface area contributed by atoms with E-state index in [1.54, 1.807) is 12.3 Å². The number of nitrogens with zero attached hydrogens (tertiary/aromatic N) is 2. The summed E-state index contributed by atoms with van der Waals surface area (Å²) in [5, 5.41) is 0. The van der Waals surface area contributed by atoms with E-state index in [1.165, 1.54) is 6.33 Å². The van der Waals surface area contributed by atoms with Gasteiger partial charge in [-0.2, -0.15) is 0 Å². The van der Waals surface area contributed by atoms with Gasteiger partial charge in [-0.15, -0.1) is 12.4 Å². The average molecular weight is 148 g/mol. The van der Waals surface area contributed by atoms with Gasteiger partial charge in [-0.05, 0) is 6.07 Å². The number of nitrogens with two attached hydrogens (primary N) is 1. The minimum Gasteiger partial charge on any atom is -0.325 e. The van der Waals surface area contributed by atoms with Gasteiger partial charge in [0.25, 0.3) is 0 Å². The molecule has 2 N–H and O–H groups in total. The molecule has 0 unspecified atom stereocenters. The quantitative estimate of drug-likeness (QED) is 0.633. The first-order valence-electron chi connectivity index (χ1n) is 2.38. The van der Waals surface area contributed by atoms with Crippen molar-refractivity contribution in [1.82, 2.24) is 9.97 Å². The molecule has 0 bridgehead atoms. The maximum Gasteiger partial charge on any atom is 1.00 e. The Morgan fingerprint density at radius 2 is 2.44 bits per heavy atom. The molecule has 1 heterocycles. The Morgan fingerprint density at radius 1 is 1.67 bits per heavy atom. The molecular formula is C5H10ClN3+2. The fourth-order valence-corrected chi connectivity index (χ4v) is 0.439. The highest BCUT2D eigenvalue weighted by atomic mass is 35.5. The molecule has 0 amide bonds. The standard InChI is InChI=1S/C5H7N3.ClH/c6-3-5-1-2-7-4-8-5;/h1-2,4H,3,6H2;1H/p+2. The molecule has 0 saturated heterocycles. The van der Waals surface area contributed by atoms with Gasteiger partial charge in [-0.3, -0.25) is 0 Å². The van der Waals surface area contributed by atoms with Gasteiger partial charge in [-0.1, -0.05) is 0 Å². The highest BCUT2D eigenvalue weighted by Crippen LogP contribution is 1.84. The number of rotatable bonds is 1. The van der Waals surface area contributed by atoms with Gasteiger partial charge >= 0.3 is 2.85 Å². The first-order valence-corrected chi connectivity index (χ1v) is 2.38. The van der Waals surface area contributed by atoms with Gasteiger partial charge in [-0.25, -0.2) is 9.97 Å². The summed E-state index contributed by atoms with van der Waals surface area (Å²) >= 11 is 0. The zero-order chi connectivity index (χ0) is 5.82. The topological polar surface area (TPSA) is 51.8 Å². The number of hydrogen-bond donors (Lipinski definition) is 1. The van der Waals surface area contributed by atoms with E-state index in [0.717, 1.165) is 5.69 Å². The molecule has 1 aromatic heterocycles. The molecule has 0 spiro atoms. The number of aromatic nitrogens is 2. The molecule has 0 atom stereocenters. The van der Waals surface area contributed by atoms with Crippen LogP contribution in [0.25, 0.3) is 0 Å². The van der Waals surface area contributed by atoms with Crippen LogP contribution in [0, 0.1) is 0 Å². The monoisotopic (exact) mass is 147 g/mol. The van der Waals surface area contributed by atoms with E-state index in [1.807, 2.05) is 0 Å². The average Bonchev–Trinajstić information content (AvgIpc) is 1.90. The fraction of sp³-hybridized carbons (Fsp3) is 0.200. The van der Waals surface area contributed by atoms with Crippen LogP contribution in [0.2, 0.25) is 0 Å². The van der Waals surface area contributed by atoms with Crippen LogP contribution in [0.5, 0.6) is 0 Å². The first-order chi connectivity index (χ1) is 3.93. The van der Waals surface area contributed by atoms with E-state index in [2.05, 4.69) is 9.97 Å². The molecule has 1 aromatic rings. The summed E-state index contributed by atoms with van der Waals surface area (Å²) in [4.78, 5) is 7.59. The smallest absolute Gasteiger partial charge is 0.325 e. The molecule has 0 aromatic carbocycles. The van der Waals surface area contributed by atoms with Crippen molar-refractivity contribution in [3.63, 3.8) is 0 Å². The predicted molar refractivity (Wildman–Crippen MR) is 39.4 cm³/mol. The van der Waals surface area contributed by atoms with E-state index in [0.29, 0.717) is 6.54 Å². The van der Waals surface area contributed by atoms with Crippen molar-refractivity contribution in [1.29, 1.82) is 0 Å². The van der Waals surface area contributed by atoms with Crippen molar-refractivity contribution in [2.75, 3.05) is 0 Å². The summed E-state index contributed by atoms with van der Waals surface area (Å²) in [7, 11) is 0. The van der Waals surface area contributed by atoms with Gasteiger partial charge in [0.1, 0.15) is 6.33 Å². The lowest BCUT2D eigenvalue weighted by atomic mass is 10.4. The van der Waals surface area contributed by atoms with E-state index in [9.17, 15) is 0 Å². The lowest BCUT2D eigenvalue weighted by molar-refractivity contribution is 0.964. The third-order valence-corrected chi connectivity index (χ3v) is 0.852. The van der Waals surface area contributed by atoms with Crippen LogP contribution in [0.1, 0.15) is 8.55 Å². The summed E-state index contributed by atoms with van der Waals surface area (Å²) in [6.45, 7) is 0.489. The maximum atomic E-state index is 5.26. The predicted octanol–water partition coefficient (Wildman–Crippen LogP) is 0.582. The summed E-state index contributed by atoms with van der Waals surface area (Å²) < 4.78 is 0. The van der Waals surface area contributed by atoms with Crippen molar-refractivity contribution in [2.45, 2.75) is 6.54 Å². The maximum absolute atomic E-state index is 5.26. The number of hydrogen-bond acceptors (Lipinski definition) is 3. The van der Waals surface area contributed by atoms with Gasteiger partial charge in [0.15, 0.2) is 0 Å². The highest BCUT2D eigenvalue weighted by Gasteiger charge is 1.82. The number of halogens is 1. The Bertz CT molecular complexity index is 161. The van der Waals surface area contributed by atoms with Crippen LogP contribution in [-0.4, -0.2) is 9.97 Å². The first kappa shape index (κ1) is 8.33. The Labute approximate surface area is 62.7 Å². The second-order valence-corrected chi connectivity index (χ2v) is 1.40. The second-order valence-electron chi connectivity index (χ2n) is 1.40. The molecule has 0 aliphatic heterocycles. The van der Waals surface area contributed by atoms with E-state index >= 15 is 0 Å². The largest absolute Gasteiger partial charge is 1.00 e. The summed E-state index contributed by atoms with van der Waals surface area (Å²) in [6, 6.07) is 1.79. The van der Waals surface area contributed by atoms with E-state index in [4.69, 9.17) is 5.73 Å². The Balaban J connectivity index is -0.000000213. The second kappa shape index (κ2) is 4.23. The summed E-state index contributed by atoms with van der Waals surface area (Å²) in [6.07, 6.45) is 3.16. The van der Waals surface area contributed by atoms with Crippen LogP contribution in [0.4, 0.5) is 0 Å². The molecule has 0 fully saturated rings. The van der Waals surface area contributed by atoms with Crippen LogP contribution >= 0.6 is 12.4 Å². The Morgan fingerprint density at radius 3 is 2.78 bits per heavy atom. The molecule has 0 saturated carbocycles. The molecule has 0 aliphatic rings. The zero-order valence-electron chi connectivity index (χ0n) is 6.82. The van der Waals surface area contributed by atoms with Gasteiger partial charge in [0.05, 0.1) is 5.69 Å². The van der Waals surface area contributed by atoms with Gasteiger partial charge in [0.2, 0.25) is 0 Å². The minimum absolute atomic E-state index is 0. The Kier molecular flexibility index (Phi) is 3.92. The summed E-state index contributed by atoms with van der Waals surface area (Å²) in [5.74, 6) is 0. The normalized spacial score (nSPS) is 8.11. The minimum atomic E-state index is 0. The van der Waals surface area contributed by atoms with E-state index < -0.39 is 0 Å². The molecule has 4 heteroatoms. The molecule has 0 aliphatic carbocycles. The Hall–Kier alpha value is -0.670. The molecule has 3 nitrogen and oxygen atoms in total. The molecule has 0 radical (unpaired) electrons. The molecule has 1 rings (SSSR count). The van der Waals surface area contributed by atoms with Crippen molar-refractivity contribution in [3.05, 3.63) is 24.3 Å². The van der Waals surface area contributed by atoms with Crippen molar-refractivity contribution >= 4 is 12.4 Å². The van der Waals surface area contributed by atoms with Gasteiger partial charge < -0.3 is 5.73 Å².